The van der Waals surface area contributed by atoms with E-state index in [9.17, 15) is 0 Å². The lowest BCUT2D eigenvalue weighted by Gasteiger charge is -2.17. The fraction of sp³-hybridized carbons (Fsp3) is 0.538. The largest absolute Gasteiger partial charge is 0.491 e. The first-order valence-electron chi connectivity index (χ1n) is 5.91. The van der Waals surface area contributed by atoms with Crippen LogP contribution in [0.1, 0.15) is 20.8 Å². The van der Waals surface area contributed by atoms with E-state index in [0.717, 1.165) is 25.7 Å². The molecule has 0 aliphatic rings. The molecule has 5 heteroatoms. The second-order valence-corrected chi connectivity index (χ2v) is 7.30. The average Bonchev–Trinajstić information content (AvgIpc) is 2.24. The molecule has 1 atom stereocenters. The lowest BCUT2D eigenvalue weighted by molar-refractivity contribution is 0.250. The molecule has 0 aliphatic heterocycles. The van der Waals surface area contributed by atoms with E-state index in [1.165, 1.54) is 0 Å². The Morgan fingerprint density at radius 1 is 1.11 bits per heavy atom. The molecule has 0 saturated carbocycles. The zero-order chi connectivity index (χ0) is 13.7. The average molecular weight is 444 g/mol. The molecule has 0 fully saturated rings. The molecule has 1 rings (SSSR count). The number of benzene rings is 1. The highest BCUT2D eigenvalue weighted by molar-refractivity contribution is 9.11. The summed E-state index contributed by atoms with van der Waals surface area (Å²) >= 11 is 10.5. The molecular weight excluding hydrogens is 426 g/mol. The van der Waals surface area contributed by atoms with E-state index in [1.807, 2.05) is 12.1 Å². The van der Waals surface area contributed by atoms with Crippen molar-refractivity contribution in [2.45, 2.75) is 26.8 Å². The first-order valence-corrected chi connectivity index (χ1v) is 8.28. The summed E-state index contributed by atoms with van der Waals surface area (Å²) < 4.78 is 8.78. The van der Waals surface area contributed by atoms with Crippen molar-refractivity contribution in [2.75, 3.05) is 13.2 Å². The summed E-state index contributed by atoms with van der Waals surface area (Å²) in [6.45, 7) is 8.13. The zero-order valence-corrected chi connectivity index (χ0v) is 15.5. The van der Waals surface area contributed by atoms with E-state index in [1.54, 1.807) is 0 Å². The van der Waals surface area contributed by atoms with Crippen molar-refractivity contribution in [3.63, 3.8) is 0 Å². The molecule has 18 heavy (non-hydrogen) atoms. The SMILES string of the molecule is CC(CNC(C)C)COc1c(Br)cc(Br)cc1Br. The molecule has 0 bridgehead atoms. The molecule has 0 radical (unpaired) electrons. The Labute approximate surface area is 134 Å². The van der Waals surface area contributed by atoms with Gasteiger partial charge in [-0.2, -0.15) is 0 Å². The minimum atomic E-state index is 0.467. The van der Waals surface area contributed by atoms with Crippen LogP contribution in [-0.2, 0) is 0 Å². The highest BCUT2D eigenvalue weighted by Gasteiger charge is 2.10. The Bertz CT molecular complexity index is 373. The van der Waals surface area contributed by atoms with Gasteiger partial charge in [-0.15, -0.1) is 0 Å². The first kappa shape index (κ1) is 16.5. The van der Waals surface area contributed by atoms with Crippen molar-refractivity contribution in [3.8, 4) is 5.75 Å². The number of hydrogen-bond donors (Lipinski definition) is 1. The maximum atomic E-state index is 5.86. The Hall–Kier alpha value is 0.420. The van der Waals surface area contributed by atoms with Gasteiger partial charge in [0.2, 0.25) is 0 Å². The van der Waals surface area contributed by atoms with E-state index in [2.05, 4.69) is 73.9 Å². The second-order valence-electron chi connectivity index (χ2n) is 4.68. The summed E-state index contributed by atoms with van der Waals surface area (Å²) in [5, 5.41) is 3.41. The van der Waals surface area contributed by atoms with Crippen LogP contribution < -0.4 is 10.1 Å². The second kappa shape index (κ2) is 7.88. The first-order chi connectivity index (χ1) is 8.40. The summed E-state index contributed by atoms with van der Waals surface area (Å²) in [5.74, 6) is 1.32. The molecule has 0 aliphatic carbocycles. The van der Waals surface area contributed by atoms with Crippen LogP contribution in [0.5, 0.6) is 5.75 Å². The molecule has 1 aromatic rings. The van der Waals surface area contributed by atoms with Gasteiger partial charge in [0.05, 0.1) is 15.6 Å². The Balaban J connectivity index is 2.53. The lowest BCUT2D eigenvalue weighted by Crippen LogP contribution is -2.30. The predicted octanol–water partition coefficient (Wildman–Crippen LogP) is 4.99. The van der Waals surface area contributed by atoms with Gasteiger partial charge in [0.15, 0.2) is 0 Å². The standard InChI is InChI=1S/C13H18Br3NO/c1-8(2)17-6-9(3)7-18-13-11(15)4-10(14)5-12(13)16/h4-5,8-9,17H,6-7H2,1-3H3. The molecule has 0 heterocycles. The van der Waals surface area contributed by atoms with Crippen LogP contribution in [0.2, 0.25) is 0 Å². The van der Waals surface area contributed by atoms with Gasteiger partial charge in [-0.3, -0.25) is 0 Å². The van der Waals surface area contributed by atoms with Crippen LogP contribution in [-0.4, -0.2) is 19.2 Å². The van der Waals surface area contributed by atoms with Gasteiger partial charge in [0.25, 0.3) is 0 Å². The van der Waals surface area contributed by atoms with Crippen molar-refractivity contribution < 1.29 is 4.74 Å². The molecule has 2 nitrogen and oxygen atoms in total. The van der Waals surface area contributed by atoms with Crippen LogP contribution in [0.4, 0.5) is 0 Å². The van der Waals surface area contributed by atoms with Crippen LogP contribution in [0.15, 0.2) is 25.6 Å². The van der Waals surface area contributed by atoms with Crippen molar-refractivity contribution >= 4 is 47.8 Å². The number of nitrogens with one attached hydrogen (secondary N) is 1. The van der Waals surface area contributed by atoms with Gasteiger partial charge >= 0.3 is 0 Å². The third kappa shape index (κ3) is 5.59. The van der Waals surface area contributed by atoms with E-state index >= 15 is 0 Å². The number of hydrogen-bond acceptors (Lipinski definition) is 2. The summed E-state index contributed by atoms with van der Waals surface area (Å²) in [7, 11) is 0. The van der Waals surface area contributed by atoms with Crippen LogP contribution in [0, 0.1) is 5.92 Å². The number of ether oxygens (including phenoxy) is 1. The molecule has 0 aromatic heterocycles. The maximum absolute atomic E-state index is 5.86. The van der Waals surface area contributed by atoms with Gasteiger partial charge < -0.3 is 10.1 Å². The van der Waals surface area contributed by atoms with E-state index in [-0.39, 0.29) is 0 Å². The molecule has 0 spiro atoms. The van der Waals surface area contributed by atoms with Crippen molar-refractivity contribution in [1.82, 2.24) is 5.32 Å². The third-order valence-corrected chi connectivity index (χ3v) is 3.99. The van der Waals surface area contributed by atoms with Crippen molar-refractivity contribution in [1.29, 1.82) is 0 Å². The monoisotopic (exact) mass is 441 g/mol. The highest BCUT2D eigenvalue weighted by Crippen LogP contribution is 2.36. The number of halogens is 3. The minimum Gasteiger partial charge on any atom is -0.491 e. The lowest BCUT2D eigenvalue weighted by atomic mass is 10.2. The molecule has 102 valence electrons. The molecule has 0 amide bonds. The topological polar surface area (TPSA) is 21.3 Å². The van der Waals surface area contributed by atoms with Gasteiger partial charge in [0.1, 0.15) is 5.75 Å². The Kier molecular flexibility index (Phi) is 7.21. The van der Waals surface area contributed by atoms with Gasteiger partial charge in [-0.1, -0.05) is 36.7 Å². The smallest absolute Gasteiger partial charge is 0.147 e. The van der Waals surface area contributed by atoms with Crippen molar-refractivity contribution in [3.05, 3.63) is 25.6 Å². The predicted molar refractivity (Wildman–Crippen MR) is 87.3 cm³/mol. The molecule has 0 saturated heterocycles. The Morgan fingerprint density at radius 3 is 2.17 bits per heavy atom. The van der Waals surface area contributed by atoms with Crippen LogP contribution in [0.3, 0.4) is 0 Å². The fourth-order valence-electron chi connectivity index (χ4n) is 1.39. The highest BCUT2D eigenvalue weighted by atomic mass is 79.9. The van der Waals surface area contributed by atoms with Gasteiger partial charge in [-0.25, -0.2) is 0 Å². The summed E-state index contributed by atoms with van der Waals surface area (Å²) in [6.07, 6.45) is 0. The summed E-state index contributed by atoms with van der Waals surface area (Å²) in [4.78, 5) is 0. The minimum absolute atomic E-state index is 0.467. The third-order valence-electron chi connectivity index (χ3n) is 2.35. The zero-order valence-electron chi connectivity index (χ0n) is 10.8. The van der Waals surface area contributed by atoms with E-state index < -0.39 is 0 Å². The molecule has 1 aromatic carbocycles. The summed E-state index contributed by atoms with van der Waals surface area (Å²) in [5.41, 5.74) is 0. The van der Waals surface area contributed by atoms with Crippen LogP contribution >= 0.6 is 47.8 Å². The fourth-order valence-corrected chi connectivity index (χ4v) is 3.88. The maximum Gasteiger partial charge on any atom is 0.147 e. The van der Waals surface area contributed by atoms with E-state index in [4.69, 9.17) is 4.74 Å². The molecule has 1 unspecified atom stereocenters. The van der Waals surface area contributed by atoms with Gasteiger partial charge in [0, 0.05) is 23.0 Å². The quantitative estimate of drug-likeness (QED) is 0.669. The van der Waals surface area contributed by atoms with Crippen molar-refractivity contribution in [2.24, 2.45) is 5.92 Å². The molecular formula is C13H18Br3NO. The normalized spacial score (nSPS) is 12.8. The summed E-state index contributed by atoms with van der Waals surface area (Å²) in [6, 6.07) is 4.48. The van der Waals surface area contributed by atoms with E-state index in [0.29, 0.717) is 18.6 Å². The van der Waals surface area contributed by atoms with Gasteiger partial charge in [-0.05, 0) is 44.0 Å². The number of rotatable bonds is 6. The molecule has 1 N–H and O–H groups in total. The Morgan fingerprint density at radius 2 is 1.67 bits per heavy atom. The van der Waals surface area contributed by atoms with Crippen LogP contribution in [0.25, 0.3) is 0 Å².